The number of hydrogen-bond donors (Lipinski definition) is 1. The van der Waals surface area contributed by atoms with Gasteiger partial charge in [-0.2, -0.15) is 0 Å². The van der Waals surface area contributed by atoms with Gasteiger partial charge >= 0.3 is 0 Å². The topological polar surface area (TPSA) is 20.2 Å². The van der Waals surface area contributed by atoms with Crippen LogP contribution in [0.1, 0.15) is 52.4 Å². The van der Waals surface area contributed by atoms with Crippen molar-refractivity contribution in [3.8, 4) is 11.8 Å². The first kappa shape index (κ1) is 11.6. The Morgan fingerprint density at radius 1 is 1.43 bits per heavy atom. The molecule has 0 radical (unpaired) electrons. The van der Waals surface area contributed by atoms with E-state index in [1.165, 1.54) is 32.1 Å². The van der Waals surface area contributed by atoms with Crippen LogP contribution in [0.25, 0.3) is 0 Å². The summed E-state index contributed by atoms with van der Waals surface area (Å²) in [5, 5.41) is 9.92. The molecule has 0 aromatic carbocycles. The average molecular weight is 194 g/mol. The van der Waals surface area contributed by atoms with Crippen LogP contribution >= 0.6 is 0 Å². The van der Waals surface area contributed by atoms with E-state index in [0.717, 1.165) is 5.92 Å². The molecule has 1 heteroatoms. The van der Waals surface area contributed by atoms with E-state index in [-0.39, 0.29) is 6.10 Å². The van der Waals surface area contributed by atoms with Gasteiger partial charge in [0, 0.05) is 6.42 Å². The zero-order chi connectivity index (χ0) is 10.4. The van der Waals surface area contributed by atoms with Crippen LogP contribution in [-0.4, -0.2) is 11.2 Å². The summed E-state index contributed by atoms with van der Waals surface area (Å²) in [5.41, 5.74) is 0. The predicted molar refractivity (Wildman–Crippen MR) is 59.8 cm³/mol. The predicted octanol–water partition coefficient (Wildman–Crippen LogP) is 2.98. The summed E-state index contributed by atoms with van der Waals surface area (Å²) >= 11 is 0. The Balaban J connectivity index is 2.37. The van der Waals surface area contributed by atoms with Crippen LogP contribution in [0.4, 0.5) is 0 Å². The minimum absolute atomic E-state index is 0.184. The zero-order valence-electron chi connectivity index (χ0n) is 9.42. The quantitative estimate of drug-likeness (QED) is 0.685. The Bertz CT molecular complexity index is 211. The van der Waals surface area contributed by atoms with Gasteiger partial charge in [-0.05, 0) is 31.6 Å². The third-order valence-electron chi connectivity index (χ3n) is 3.43. The van der Waals surface area contributed by atoms with Gasteiger partial charge in [-0.15, -0.1) is 11.8 Å². The molecule has 0 heterocycles. The molecule has 1 rings (SSSR count). The van der Waals surface area contributed by atoms with Crippen molar-refractivity contribution < 1.29 is 5.11 Å². The lowest BCUT2D eigenvalue weighted by molar-refractivity contribution is 0.0721. The minimum Gasteiger partial charge on any atom is -0.392 e. The minimum atomic E-state index is -0.184. The Labute approximate surface area is 87.9 Å². The summed E-state index contributed by atoms with van der Waals surface area (Å²) in [7, 11) is 0. The smallest absolute Gasteiger partial charge is 0.0677 e. The number of aliphatic hydroxyl groups excluding tert-OH is 1. The zero-order valence-corrected chi connectivity index (χ0v) is 9.42. The van der Waals surface area contributed by atoms with Gasteiger partial charge in [0.2, 0.25) is 0 Å². The Hall–Kier alpha value is -0.480. The summed E-state index contributed by atoms with van der Waals surface area (Å²) in [6.45, 7) is 4.09. The fourth-order valence-corrected chi connectivity index (χ4v) is 2.43. The molecule has 14 heavy (non-hydrogen) atoms. The third kappa shape index (κ3) is 3.35. The van der Waals surface area contributed by atoms with Crippen LogP contribution in [-0.2, 0) is 0 Å². The van der Waals surface area contributed by atoms with Crippen molar-refractivity contribution in [1.29, 1.82) is 0 Å². The maximum Gasteiger partial charge on any atom is 0.0677 e. The van der Waals surface area contributed by atoms with E-state index in [4.69, 9.17) is 0 Å². The number of hydrogen-bond acceptors (Lipinski definition) is 1. The molecule has 0 amide bonds. The largest absolute Gasteiger partial charge is 0.392 e. The molecule has 1 aliphatic carbocycles. The molecule has 0 aromatic heterocycles. The van der Waals surface area contributed by atoms with Crippen LogP contribution in [0.5, 0.6) is 0 Å². The van der Waals surface area contributed by atoms with Gasteiger partial charge in [0.25, 0.3) is 0 Å². The maximum atomic E-state index is 9.92. The van der Waals surface area contributed by atoms with Gasteiger partial charge in [0.05, 0.1) is 6.10 Å². The van der Waals surface area contributed by atoms with Crippen LogP contribution in [0, 0.1) is 23.7 Å². The van der Waals surface area contributed by atoms with Gasteiger partial charge < -0.3 is 5.11 Å². The molecule has 1 fully saturated rings. The van der Waals surface area contributed by atoms with E-state index < -0.39 is 0 Å². The van der Waals surface area contributed by atoms with E-state index in [0.29, 0.717) is 12.3 Å². The summed E-state index contributed by atoms with van der Waals surface area (Å²) in [6.07, 6.45) is 6.81. The summed E-state index contributed by atoms with van der Waals surface area (Å²) < 4.78 is 0. The second-order valence-corrected chi connectivity index (χ2v) is 4.40. The second-order valence-electron chi connectivity index (χ2n) is 4.40. The Morgan fingerprint density at radius 2 is 2.21 bits per heavy atom. The fraction of sp³-hybridized carbons (Fsp3) is 0.846. The van der Waals surface area contributed by atoms with Gasteiger partial charge in [-0.1, -0.05) is 26.2 Å². The van der Waals surface area contributed by atoms with Crippen molar-refractivity contribution in [3.05, 3.63) is 0 Å². The standard InChI is InChI=1S/C13H22O/c1-3-5-9-13(14)12-8-6-7-11(4-2)10-12/h11-14H,4,6-10H2,1-2H3. The molecule has 0 aromatic rings. The highest BCUT2D eigenvalue weighted by molar-refractivity contribution is 4.98. The van der Waals surface area contributed by atoms with Crippen molar-refractivity contribution in [2.24, 2.45) is 11.8 Å². The molecule has 0 aliphatic heterocycles. The van der Waals surface area contributed by atoms with E-state index in [9.17, 15) is 5.11 Å². The summed E-state index contributed by atoms with van der Waals surface area (Å²) in [4.78, 5) is 0. The summed E-state index contributed by atoms with van der Waals surface area (Å²) in [6, 6.07) is 0. The SMILES string of the molecule is CC#CCC(O)C1CCCC(CC)C1. The first-order chi connectivity index (χ1) is 6.77. The fourth-order valence-electron chi connectivity index (χ4n) is 2.43. The van der Waals surface area contributed by atoms with Crippen LogP contribution in [0.15, 0.2) is 0 Å². The monoisotopic (exact) mass is 194 g/mol. The normalized spacial score (nSPS) is 29.1. The Kier molecular flexibility index (Phi) is 5.04. The molecule has 3 unspecified atom stereocenters. The first-order valence-corrected chi connectivity index (χ1v) is 5.85. The highest BCUT2D eigenvalue weighted by atomic mass is 16.3. The number of aliphatic hydroxyl groups is 1. The van der Waals surface area contributed by atoms with E-state index in [2.05, 4.69) is 18.8 Å². The molecule has 0 saturated heterocycles. The van der Waals surface area contributed by atoms with E-state index in [1.807, 2.05) is 6.92 Å². The van der Waals surface area contributed by atoms with E-state index >= 15 is 0 Å². The molecule has 1 saturated carbocycles. The molecular formula is C13H22O. The molecule has 3 atom stereocenters. The molecule has 80 valence electrons. The molecule has 1 nitrogen and oxygen atoms in total. The molecule has 0 bridgehead atoms. The van der Waals surface area contributed by atoms with Crippen molar-refractivity contribution >= 4 is 0 Å². The highest BCUT2D eigenvalue weighted by Crippen LogP contribution is 2.33. The average Bonchev–Trinajstić information content (AvgIpc) is 2.26. The maximum absolute atomic E-state index is 9.92. The second kappa shape index (κ2) is 6.09. The van der Waals surface area contributed by atoms with Gasteiger partial charge in [0.15, 0.2) is 0 Å². The van der Waals surface area contributed by atoms with Crippen molar-refractivity contribution in [2.75, 3.05) is 0 Å². The lowest BCUT2D eigenvalue weighted by atomic mass is 9.77. The van der Waals surface area contributed by atoms with Crippen LogP contribution in [0.3, 0.4) is 0 Å². The van der Waals surface area contributed by atoms with Gasteiger partial charge in [-0.3, -0.25) is 0 Å². The Morgan fingerprint density at radius 3 is 2.86 bits per heavy atom. The molecule has 1 N–H and O–H groups in total. The number of rotatable bonds is 3. The highest BCUT2D eigenvalue weighted by Gasteiger charge is 2.25. The molecular weight excluding hydrogens is 172 g/mol. The van der Waals surface area contributed by atoms with E-state index in [1.54, 1.807) is 0 Å². The van der Waals surface area contributed by atoms with Crippen LogP contribution < -0.4 is 0 Å². The third-order valence-corrected chi connectivity index (χ3v) is 3.43. The lowest BCUT2D eigenvalue weighted by Gasteiger charge is -2.31. The lowest BCUT2D eigenvalue weighted by Crippen LogP contribution is -2.26. The molecule has 1 aliphatic rings. The van der Waals surface area contributed by atoms with Gasteiger partial charge in [-0.25, -0.2) is 0 Å². The first-order valence-electron chi connectivity index (χ1n) is 5.85. The molecule has 0 spiro atoms. The summed E-state index contributed by atoms with van der Waals surface area (Å²) in [5.74, 6) is 7.19. The van der Waals surface area contributed by atoms with Crippen molar-refractivity contribution in [1.82, 2.24) is 0 Å². The van der Waals surface area contributed by atoms with Crippen molar-refractivity contribution in [3.63, 3.8) is 0 Å². The van der Waals surface area contributed by atoms with Crippen molar-refractivity contribution in [2.45, 2.75) is 58.5 Å². The van der Waals surface area contributed by atoms with Gasteiger partial charge in [0.1, 0.15) is 0 Å². The van der Waals surface area contributed by atoms with Crippen LogP contribution in [0.2, 0.25) is 0 Å².